The van der Waals surface area contributed by atoms with Crippen molar-refractivity contribution >= 4 is 0 Å². The van der Waals surface area contributed by atoms with E-state index in [4.69, 9.17) is 0 Å². The van der Waals surface area contributed by atoms with E-state index in [0.29, 0.717) is 4.68 Å². The number of hydrogen-bond donors (Lipinski definition) is 0. The summed E-state index contributed by atoms with van der Waals surface area (Å²) in [5.41, 5.74) is -0.755. The molecule has 0 aliphatic rings. The van der Waals surface area contributed by atoms with E-state index in [0.717, 1.165) is 12.3 Å². The standard InChI is InChI=1S/C6H5F3N2O/c7-6(8,9)4-11-5(12)2-1-3-10-11/h1-3H,4H2. The molecule has 0 saturated carbocycles. The molecule has 0 spiro atoms. The first-order valence-electron chi connectivity index (χ1n) is 3.08. The van der Waals surface area contributed by atoms with Gasteiger partial charge >= 0.3 is 6.18 Å². The molecule has 3 nitrogen and oxygen atoms in total. The van der Waals surface area contributed by atoms with Gasteiger partial charge in [-0.25, -0.2) is 4.68 Å². The van der Waals surface area contributed by atoms with Gasteiger partial charge in [0.25, 0.3) is 5.56 Å². The molecule has 66 valence electrons. The normalized spacial score (nSPS) is 11.6. The van der Waals surface area contributed by atoms with Crippen molar-refractivity contribution in [1.82, 2.24) is 9.78 Å². The van der Waals surface area contributed by atoms with Crippen LogP contribution in [0, 0.1) is 0 Å². The summed E-state index contributed by atoms with van der Waals surface area (Å²) < 4.78 is 35.5. The summed E-state index contributed by atoms with van der Waals surface area (Å²) in [4.78, 5) is 10.7. The van der Waals surface area contributed by atoms with Crippen LogP contribution in [-0.4, -0.2) is 16.0 Å². The van der Waals surface area contributed by atoms with E-state index >= 15 is 0 Å². The van der Waals surface area contributed by atoms with Gasteiger partial charge < -0.3 is 0 Å². The third-order valence-corrected chi connectivity index (χ3v) is 1.11. The van der Waals surface area contributed by atoms with Crippen LogP contribution in [0.5, 0.6) is 0 Å². The molecule has 1 aromatic rings. The SMILES string of the molecule is O=c1cccnn1CC(F)(F)F. The van der Waals surface area contributed by atoms with Crippen LogP contribution < -0.4 is 5.56 Å². The lowest BCUT2D eigenvalue weighted by molar-refractivity contribution is -0.143. The van der Waals surface area contributed by atoms with Crippen molar-refractivity contribution in [3.8, 4) is 0 Å². The molecule has 0 radical (unpaired) electrons. The minimum absolute atomic E-state index is 0.361. The molecule has 0 fully saturated rings. The third-order valence-electron chi connectivity index (χ3n) is 1.11. The highest BCUT2D eigenvalue weighted by Crippen LogP contribution is 2.15. The van der Waals surface area contributed by atoms with E-state index < -0.39 is 18.3 Å². The van der Waals surface area contributed by atoms with Gasteiger partial charge in [-0.1, -0.05) is 0 Å². The van der Waals surface area contributed by atoms with Crippen molar-refractivity contribution < 1.29 is 13.2 Å². The van der Waals surface area contributed by atoms with Crippen LogP contribution in [0.4, 0.5) is 13.2 Å². The molecule has 0 aliphatic heterocycles. The number of rotatable bonds is 1. The molecule has 0 N–H and O–H groups in total. The first-order chi connectivity index (χ1) is 5.49. The number of aromatic nitrogens is 2. The maximum Gasteiger partial charge on any atom is 0.408 e. The largest absolute Gasteiger partial charge is 0.408 e. The van der Waals surface area contributed by atoms with E-state index in [9.17, 15) is 18.0 Å². The topological polar surface area (TPSA) is 34.9 Å². The molecule has 6 heteroatoms. The fraction of sp³-hybridized carbons (Fsp3) is 0.333. The van der Waals surface area contributed by atoms with Crippen molar-refractivity contribution in [2.75, 3.05) is 0 Å². The molecule has 0 aromatic carbocycles. The third kappa shape index (κ3) is 2.37. The molecular formula is C6H5F3N2O. The maximum atomic E-state index is 11.7. The van der Waals surface area contributed by atoms with Crippen LogP contribution in [0.25, 0.3) is 0 Å². The number of hydrogen-bond acceptors (Lipinski definition) is 2. The Balaban J connectivity index is 2.91. The van der Waals surface area contributed by atoms with Crippen molar-refractivity contribution in [1.29, 1.82) is 0 Å². The highest BCUT2D eigenvalue weighted by molar-refractivity contribution is 4.84. The first-order valence-corrected chi connectivity index (χ1v) is 3.08. The Morgan fingerprint density at radius 3 is 2.67 bits per heavy atom. The minimum Gasteiger partial charge on any atom is -0.268 e. The summed E-state index contributed by atoms with van der Waals surface area (Å²) in [7, 11) is 0. The summed E-state index contributed by atoms with van der Waals surface area (Å²) >= 11 is 0. The van der Waals surface area contributed by atoms with Gasteiger partial charge in [-0.15, -0.1) is 0 Å². The molecule has 1 rings (SSSR count). The Bertz CT molecular complexity index is 317. The molecule has 1 heterocycles. The molecule has 0 amide bonds. The predicted molar refractivity (Wildman–Crippen MR) is 34.6 cm³/mol. The Labute approximate surface area is 65.4 Å². The fourth-order valence-electron chi connectivity index (χ4n) is 0.676. The fourth-order valence-corrected chi connectivity index (χ4v) is 0.676. The second kappa shape index (κ2) is 2.96. The van der Waals surface area contributed by atoms with E-state index in [2.05, 4.69) is 5.10 Å². The second-order valence-corrected chi connectivity index (χ2v) is 2.13. The summed E-state index contributed by atoms with van der Waals surface area (Å²) in [6.07, 6.45) is -3.27. The van der Waals surface area contributed by atoms with Crippen molar-refractivity contribution in [2.24, 2.45) is 0 Å². The van der Waals surface area contributed by atoms with Crippen molar-refractivity contribution in [3.63, 3.8) is 0 Å². The van der Waals surface area contributed by atoms with Gasteiger partial charge in [-0.05, 0) is 6.07 Å². The van der Waals surface area contributed by atoms with Gasteiger partial charge in [0.2, 0.25) is 0 Å². The monoisotopic (exact) mass is 178 g/mol. The van der Waals surface area contributed by atoms with Crippen molar-refractivity contribution in [3.05, 3.63) is 28.7 Å². The Kier molecular flexibility index (Phi) is 2.16. The Hall–Kier alpha value is -1.33. The van der Waals surface area contributed by atoms with Crippen molar-refractivity contribution in [2.45, 2.75) is 12.7 Å². The van der Waals surface area contributed by atoms with E-state index in [-0.39, 0.29) is 0 Å². The van der Waals surface area contributed by atoms with Gasteiger partial charge in [0.1, 0.15) is 6.54 Å². The Morgan fingerprint density at radius 1 is 1.50 bits per heavy atom. The predicted octanol–water partition coefficient (Wildman–Crippen LogP) is 0.806. The smallest absolute Gasteiger partial charge is 0.268 e. The average molecular weight is 178 g/mol. The van der Waals surface area contributed by atoms with Gasteiger partial charge in [-0.3, -0.25) is 4.79 Å². The molecule has 1 aromatic heterocycles. The van der Waals surface area contributed by atoms with Gasteiger partial charge in [0.15, 0.2) is 0 Å². The molecule has 0 bridgehead atoms. The number of alkyl halides is 3. The highest BCUT2D eigenvalue weighted by Gasteiger charge is 2.28. The summed E-state index contributed by atoms with van der Waals surface area (Å²) in [5.74, 6) is 0. The molecule has 0 unspecified atom stereocenters. The molecule has 0 aliphatic carbocycles. The molecular weight excluding hydrogens is 173 g/mol. The lowest BCUT2D eigenvalue weighted by Gasteiger charge is -2.06. The first kappa shape index (κ1) is 8.76. The lowest BCUT2D eigenvalue weighted by Crippen LogP contribution is -2.29. The second-order valence-electron chi connectivity index (χ2n) is 2.13. The summed E-state index contributed by atoms with van der Waals surface area (Å²) in [6, 6.07) is 2.31. The average Bonchev–Trinajstić information content (AvgIpc) is 1.91. The lowest BCUT2D eigenvalue weighted by atomic mass is 10.5. The minimum atomic E-state index is -4.40. The van der Waals surface area contributed by atoms with Crippen LogP contribution in [0.3, 0.4) is 0 Å². The number of halogens is 3. The zero-order valence-electron chi connectivity index (χ0n) is 5.88. The van der Waals surface area contributed by atoms with Crippen LogP contribution in [0.2, 0.25) is 0 Å². The van der Waals surface area contributed by atoms with Crippen LogP contribution in [0.15, 0.2) is 23.1 Å². The molecule has 0 saturated heterocycles. The van der Waals surface area contributed by atoms with E-state index in [1.807, 2.05) is 0 Å². The zero-order valence-corrected chi connectivity index (χ0v) is 5.88. The highest BCUT2D eigenvalue weighted by atomic mass is 19.4. The van der Waals surface area contributed by atoms with Gasteiger partial charge in [0, 0.05) is 12.3 Å². The molecule has 0 atom stereocenters. The summed E-state index contributed by atoms with van der Waals surface area (Å²) in [6.45, 7) is -1.34. The number of nitrogens with zero attached hydrogens (tertiary/aromatic N) is 2. The van der Waals surface area contributed by atoms with E-state index in [1.54, 1.807) is 0 Å². The summed E-state index contributed by atoms with van der Waals surface area (Å²) in [5, 5.41) is 3.25. The molecule has 12 heavy (non-hydrogen) atoms. The van der Waals surface area contributed by atoms with Gasteiger partial charge in [-0.2, -0.15) is 18.3 Å². The quantitative estimate of drug-likeness (QED) is 0.637. The van der Waals surface area contributed by atoms with Crippen LogP contribution >= 0.6 is 0 Å². The van der Waals surface area contributed by atoms with E-state index in [1.165, 1.54) is 6.07 Å². The van der Waals surface area contributed by atoms with Crippen LogP contribution in [0.1, 0.15) is 0 Å². The van der Waals surface area contributed by atoms with Gasteiger partial charge in [0.05, 0.1) is 0 Å². The van der Waals surface area contributed by atoms with Crippen LogP contribution in [-0.2, 0) is 6.54 Å². The Morgan fingerprint density at radius 2 is 2.17 bits per heavy atom. The maximum absolute atomic E-state index is 11.7. The zero-order chi connectivity index (χ0) is 9.19.